The molecule has 0 bridgehead atoms. The molecule has 0 aliphatic carbocycles. The standard InChI is InChI=1S/C21H24N2O2S/c1-4-25-19-10-8-18(9-11-19)23(15-5-14-22)21(24)17-6-12-20(13-7-17)26-16(2)3/h6-13,16H,4-5,15H2,1-3H3. The Kier molecular flexibility index (Phi) is 7.55. The Morgan fingerprint density at radius 3 is 2.35 bits per heavy atom. The molecule has 0 unspecified atom stereocenters. The monoisotopic (exact) mass is 368 g/mol. The lowest BCUT2D eigenvalue weighted by molar-refractivity contribution is 0.0987. The van der Waals surface area contributed by atoms with Crippen LogP contribution in [0.5, 0.6) is 5.75 Å². The predicted molar refractivity (Wildman–Crippen MR) is 107 cm³/mol. The van der Waals surface area contributed by atoms with Crippen molar-refractivity contribution >= 4 is 23.4 Å². The molecule has 0 aliphatic rings. The van der Waals surface area contributed by atoms with Gasteiger partial charge in [-0.15, -0.1) is 11.8 Å². The number of benzene rings is 2. The summed E-state index contributed by atoms with van der Waals surface area (Å²) in [5.74, 6) is 0.657. The molecular weight excluding hydrogens is 344 g/mol. The van der Waals surface area contributed by atoms with Crippen LogP contribution in [0.2, 0.25) is 0 Å². The Hall–Kier alpha value is -2.45. The zero-order chi connectivity index (χ0) is 18.9. The van der Waals surface area contributed by atoms with Crippen molar-refractivity contribution in [1.29, 1.82) is 5.26 Å². The van der Waals surface area contributed by atoms with Gasteiger partial charge in [0.2, 0.25) is 0 Å². The predicted octanol–water partition coefficient (Wildman–Crippen LogP) is 5.15. The van der Waals surface area contributed by atoms with Crippen molar-refractivity contribution in [1.82, 2.24) is 0 Å². The van der Waals surface area contributed by atoms with Crippen LogP contribution in [0.3, 0.4) is 0 Å². The summed E-state index contributed by atoms with van der Waals surface area (Å²) in [6.07, 6.45) is 0.278. The first kappa shape index (κ1) is 19.9. The summed E-state index contributed by atoms with van der Waals surface area (Å²) in [5.41, 5.74) is 1.37. The van der Waals surface area contributed by atoms with Crippen molar-refractivity contribution in [2.24, 2.45) is 0 Å². The fourth-order valence-electron chi connectivity index (χ4n) is 2.50. The van der Waals surface area contributed by atoms with Crippen molar-refractivity contribution < 1.29 is 9.53 Å². The van der Waals surface area contributed by atoms with Crippen LogP contribution in [0, 0.1) is 11.3 Å². The van der Waals surface area contributed by atoms with E-state index in [-0.39, 0.29) is 12.3 Å². The number of thioether (sulfide) groups is 1. The van der Waals surface area contributed by atoms with Crippen molar-refractivity contribution in [2.75, 3.05) is 18.1 Å². The second kappa shape index (κ2) is 9.88. The number of hydrogen-bond acceptors (Lipinski definition) is 4. The van der Waals surface area contributed by atoms with E-state index in [1.54, 1.807) is 16.7 Å². The van der Waals surface area contributed by atoms with Gasteiger partial charge in [-0.3, -0.25) is 4.79 Å². The Morgan fingerprint density at radius 2 is 1.81 bits per heavy atom. The van der Waals surface area contributed by atoms with Crippen molar-refractivity contribution in [3.05, 3.63) is 54.1 Å². The Morgan fingerprint density at radius 1 is 1.15 bits per heavy atom. The summed E-state index contributed by atoms with van der Waals surface area (Å²) in [7, 11) is 0. The summed E-state index contributed by atoms with van der Waals surface area (Å²) < 4.78 is 5.45. The zero-order valence-corrected chi connectivity index (χ0v) is 16.3. The van der Waals surface area contributed by atoms with Crippen LogP contribution < -0.4 is 9.64 Å². The lowest BCUT2D eigenvalue weighted by atomic mass is 10.1. The highest BCUT2D eigenvalue weighted by atomic mass is 32.2. The molecule has 2 rings (SSSR count). The Labute approximate surface area is 159 Å². The van der Waals surface area contributed by atoms with Crippen molar-refractivity contribution in [3.63, 3.8) is 0 Å². The van der Waals surface area contributed by atoms with Crippen molar-refractivity contribution in [2.45, 2.75) is 37.3 Å². The molecule has 0 spiro atoms. The normalized spacial score (nSPS) is 10.4. The minimum absolute atomic E-state index is 0.106. The van der Waals surface area contributed by atoms with Gasteiger partial charge in [0.15, 0.2) is 0 Å². The molecule has 0 aliphatic heterocycles. The highest BCUT2D eigenvalue weighted by Gasteiger charge is 2.17. The number of hydrogen-bond donors (Lipinski definition) is 0. The zero-order valence-electron chi connectivity index (χ0n) is 15.4. The molecule has 0 radical (unpaired) electrons. The summed E-state index contributed by atoms with van der Waals surface area (Å²) >= 11 is 1.76. The summed E-state index contributed by atoms with van der Waals surface area (Å²) in [6, 6.07) is 17.1. The van der Waals surface area contributed by atoms with E-state index >= 15 is 0 Å². The molecule has 2 aromatic rings. The van der Waals surface area contributed by atoms with Gasteiger partial charge in [-0.2, -0.15) is 5.26 Å². The van der Waals surface area contributed by atoms with Crippen LogP contribution in [0.1, 0.15) is 37.6 Å². The fourth-order valence-corrected chi connectivity index (χ4v) is 3.34. The van der Waals surface area contributed by atoms with Gasteiger partial charge < -0.3 is 9.64 Å². The van der Waals surface area contributed by atoms with Crippen LogP contribution in [0.4, 0.5) is 5.69 Å². The van der Waals surface area contributed by atoms with Crippen molar-refractivity contribution in [3.8, 4) is 11.8 Å². The molecule has 0 fully saturated rings. The first-order valence-electron chi connectivity index (χ1n) is 8.73. The van der Waals surface area contributed by atoms with Gasteiger partial charge >= 0.3 is 0 Å². The van der Waals surface area contributed by atoms with Gasteiger partial charge in [-0.25, -0.2) is 0 Å². The molecular formula is C21H24N2O2S. The topological polar surface area (TPSA) is 53.3 Å². The number of ether oxygens (including phenoxy) is 1. The largest absolute Gasteiger partial charge is 0.494 e. The number of carbonyl (C=O) groups is 1. The Bertz CT molecular complexity index is 749. The number of anilines is 1. The number of carbonyl (C=O) groups excluding carboxylic acids is 1. The fraction of sp³-hybridized carbons (Fsp3) is 0.333. The highest BCUT2D eigenvalue weighted by molar-refractivity contribution is 7.99. The van der Waals surface area contributed by atoms with E-state index < -0.39 is 0 Å². The second-order valence-corrected chi connectivity index (χ2v) is 7.63. The minimum atomic E-state index is -0.106. The second-order valence-electron chi connectivity index (χ2n) is 5.98. The van der Waals surface area contributed by atoms with Gasteiger partial charge in [0.1, 0.15) is 5.75 Å². The highest BCUT2D eigenvalue weighted by Crippen LogP contribution is 2.25. The van der Waals surface area contributed by atoms with E-state index in [0.29, 0.717) is 24.0 Å². The van der Waals surface area contributed by atoms with Gasteiger partial charge in [-0.1, -0.05) is 13.8 Å². The number of amides is 1. The lowest BCUT2D eigenvalue weighted by Gasteiger charge is -2.22. The van der Waals surface area contributed by atoms with E-state index in [0.717, 1.165) is 16.3 Å². The van der Waals surface area contributed by atoms with E-state index in [1.807, 2.05) is 55.5 Å². The van der Waals surface area contributed by atoms with Crippen LogP contribution in [0.25, 0.3) is 0 Å². The third-order valence-electron chi connectivity index (χ3n) is 3.62. The smallest absolute Gasteiger partial charge is 0.258 e. The molecule has 0 N–H and O–H groups in total. The first-order chi connectivity index (χ1) is 12.5. The number of nitrogens with zero attached hydrogens (tertiary/aromatic N) is 2. The molecule has 26 heavy (non-hydrogen) atoms. The molecule has 2 aromatic carbocycles. The van der Waals surface area contributed by atoms with Gasteiger partial charge in [-0.05, 0) is 55.5 Å². The molecule has 0 heterocycles. The molecule has 0 atom stereocenters. The molecule has 0 aromatic heterocycles. The van der Waals surface area contributed by atoms with Crippen LogP contribution >= 0.6 is 11.8 Å². The number of rotatable bonds is 8. The van der Waals surface area contributed by atoms with Gasteiger partial charge in [0.05, 0.1) is 19.1 Å². The summed E-state index contributed by atoms with van der Waals surface area (Å²) in [4.78, 5) is 15.8. The van der Waals surface area contributed by atoms with E-state index in [2.05, 4.69) is 19.9 Å². The Balaban J connectivity index is 2.22. The molecule has 1 amide bonds. The SMILES string of the molecule is CCOc1ccc(N(CCC#N)C(=O)c2ccc(SC(C)C)cc2)cc1. The summed E-state index contributed by atoms with van der Waals surface area (Å²) in [6.45, 7) is 7.15. The maximum atomic E-state index is 13.0. The number of nitriles is 1. The molecule has 4 nitrogen and oxygen atoms in total. The average molecular weight is 369 g/mol. The van der Waals surface area contributed by atoms with Gasteiger partial charge in [0.25, 0.3) is 5.91 Å². The maximum absolute atomic E-state index is 13.0. The molecule has 0 saturated heterocycles. The third kappa shape index (κ3) is 5.53. The van der Waals surface area contributed by atoms with Crippen LogP contribution in [-0.4, -0.2) is 24.3 Å². The van der Waals surface area contributed by atoms with Crippen LogP contribution in [0.15, 0.2) is 53.4 Å². The van der Waals surface area contributed by atoms with E-state index in [4.69, 9.17) is 10.00 Å². The van der Waals surface area contributed by atoms with Crippen LogP contribution in [-0.2, 0) is 0 Å². The molecule has 136 valence electrons. The maximum Gasteiger partial charge on any atom is 0.258 e. The quantitative estimate of drug-likeness (QED) is 0.605. The summed E-state index contributed by atoms with van der Waals surface area (Å²) in [5, 5.41) is 9.43. The average Bonchev–Trinajstić information content (AvgIpc) is 2.63. The third-order valence-corrected chi connectivity index (χ3v) is 4.64. The lowest BCUT2D eigenvalue weighted by Crippen LogP contribution is -2.31. The van der Waals surface area contributed by atoms with Gasteiger partial charge in [0, 0.05) is 27.9 Å². The minimum Gasteiger partial charge on any atom is -0.494 e. The van der Waals surface area contributed by atoms with E-state index in [9.17, 15) is 4.79 Å². The first-order valence-corrected chi connectivity index (χ1v) is 9.61. The molecule has 5 heteroatoms. The van der Waals surface area contributed by atoms with E-state index in [1.165, 1.54) is 0 Å². The molecule has 0 saturated carbocycles.